The number of nitrogens with zero attached hydrogens (tertiary/aromatic N) is 2. The average Bonchev–Trinajstić information content (AvgIpc) is 2.71. The van der Waals surface area contributed by atoms with Crippen molar-refractivity contribution < 1.29 is 22.8 Å². The summed E-state index contributed by atoms with van der Waals surface area (Å²) in [5.74, 6) is 0.792. The van der Waals surface area contributed by atoms with E-state index in [0.717, 1.165) is 11.8 Å². The number of anilines is 1. The first-order valence-electron chi connectivity index (χ1n) is 9.47. The van der Waals surface area contributed by atoms with Gasteiger partial charge in [-0.3, -0.25) is 10.1 Å². The van der Waals surface area contributed by atoms with Gasteiger partial charge in [-0.05, 0) is 31.0 Å². The quantitative estimate of drug-likeness (QED) is 0.374. The molecule has 0 spiro atoms. The maximum Gasteiger partial charge on any atom is 0.418 e. The molecule has 0 saturated carbocycles. The van der Waals surface area contributed by atoms with E-state index in [1.807, 2.05) is 30.3 Å². The zero-order valence-corrected chi connectivity index (χ0v) is 16.7. The number of halogens is 4. The number of ether oxygens (including phenoxy) is 1. The first kappa shape index (κ1) is 22.2. The molecule has 1 N–H and O–H groups in total. The fourth-order valence-corrected chi connectivity index (χ4v) is 3.71. The Kier molecular flexibility index (Phi) is 7.04. The van der Waals surface area contributed by atoms with E-state index >= 15 is 0 Å². The van der Waals surface area contributed by atoms with Crippen LogP contribution in [0.4, 0.5) is 24.5 Å². The summed E-state index contributed by atoms with van der Waals surface area (Å²) in [5, 5.41) is 14.2. The maximum atomic E-state index is 13.0. The van der Waals surface area contributed by atoms with Gasteiger partial charge in [0.25, 0.3) is 5.69 Å². The summed E-state index contributed by atoms with van der Waals surface area (Å²) in [6.45, 7) is 2.09. The van der Waals surface area contributed by atoms with Gasteiger partial charge in [-0.25, -0.2) is 0 Å². The number of benzene rings is 2. The molecule has 1 heterocycles. The van der Waals surface area contributed by atoms with Gasteiger partial charge in [0.2, 0.25) is 0 Å². The number of hydrogen-bond donors (Lipinski definition) is 1. The molecule has 0 unspecified atom stereocenters. The van der Waals surface area contributed by atoms with E-state index in [4.69, 9.17) is 16.3 Å². The van der Waals surface area contributed by atoms with Gasteiger partial charge in [-0.1, -0.05) is 29.8 Å². The Hall–Kier alpha value is -2.52. The lowest BCUT2D eigenvalue weighted by atomic mass is 10.0. The van der Waals surface area contributed by atoms with Crippen LogP contribution >= 0.6 is 11.6 Å². The molecule has 2 aromatic carbocycles. The first-order chi connectivity index (χ1) is 14.3. The van der Waals surface area contributed by atoms with Crippen LogP contribution < -0.4 is 15.0 Å². The van der Waals surface area contributed by atoms with Gasteiger partial charge in [0.15, 0.2) is 0 Å². The summed E-state index contributed by atoms with van der Waals surface area (Å²) in [7, 11) is 0. The Morgan fingerprint density at radius 3 is 2.47 bits per heavy atom. The van der Waals surface area contributed by atoms with E-state index in [2.05, 4.69) is 5.32 Å². The summed E-state index contributed by atoms with van der Waals surface area (Å²) < 4.78 is 44.7. The van der Waals surface area contributed by atoms with E-state index in [9.17, 15) is 23.3 Å². The number of nitro groups is 1. The molecule has 162 valence electrons. The summed E-state index contributed by atoms with van der Waals surface area (Å²) >= 11 is 5.78. The number of rotatable bonds is 7. The molecular weight excluding hydrogens is 423 g/mol. The minimum atomic E-state index is -4.75. The van der Waals surface area contributed by atoms with Crippen molar-refractivity contribution in [3.63, 3.8) is 0 Å². The summed E-state index contributed by atoms with van der Waals surface area (Å²) in [4.78, 5) is 12.3. The molecule has 1 aliphatic rings. The van der Waals surface area contributed by atoms with Gasteiger partial charge in [0.1, 0.15) is 18.0 Å². The molecule has 0 radical (unpaired) electrons. The van der Waals surface area contributed by atoms with Gasteiger partial charge in [-0.15, -0.1) is 0 Å². The van der Waals surface area contributed by atoms with Crippen LogP contribution in [0.15, 0.2) is 42.5 Å². The second kappa shape index (κ2) is 9.53. The SMILES string of the molecule is O=[N+]([O-])c1cc(C(F)(F)F)c(Cl)cc1N1CCC(NCCOc2ccccc2)CC1. The number of piperidine rings is 1. The largest absolute Gasteiger partial charge is 0.492 e. The lowest BCUT2D eigenvalue weighted by Crippen LogP contribution is -2.43. The van der Waals surface area contributed by atoms with E-state index < -0.39 is 27.4 Å². The van der Waals surface area contributed by atoms with E-state index in [1.54, 1.807) is 4.90 Å². The zero-order chi connectivity index (χ0) is 21.7. The molecule has 0 aliphatic carbocycles. The summed E-state index contributed by atoms with van der Waals surface area (Å²) in [5.41, 5.74) is -1.67. The Bertz CT molecular complexity index is 873. The van der Waals surface area contributed by atoms with Crippen LogP contribution in [0.2, 0.25) is 5.02 Å². The predicted octanol–water partition coefficient (Wildman–Crippen LogP) is 4.90. The highest BCUT2D eigenvalue weighted by molar-refractivity contribution is 6.31. The molecule has 10 heteroatoms. The Morgan fingerprint density at radius 2 is 1.87 bits per heavy atom. The van der Waals surface area contributed by atoms with Crippen LogP contribution in [-0.4, -0.2) is 37.2 Å². The summed E-state index contributed by atoms with van der Waals surface area (Å²) in [6.07, 6.45) is -3.36. The van der Waals surface area contributed by atoms with Gasteiger partial charge in [0, 0.05) is 31.7 Å². The lowest BCUT2D eigenvalue weighted by molar-refractivity contribution is -0.384. The number of nitrogens with one attached hydrogen (secondary N) is 1. The molecule has 0 aromatic heterocycles. The van der Waals surface area contributed by atoms with E-state index in [0.29, 0.717) is 45.1 Å². The molecule has 0 amide bonds. The van der Waals surface area contributed by atoms with Crippen LogP contribution in [0.1, 0.15) is 18.4 Å². The third-order valence-corrected chi connectivity index (χ3v) is 5.26. The Morgan fingerprint density at radius 1 is 1.20 bits per heavy atom. The number of nitro benzene ring substituents is 1. The van der Waals surface area contributed by atoms with Crippen LogP contribution in [-0.2, 0) is 6.18 Å². The fourth-order valence-electron chi connectivity index (χ4n) is 3.44. The standard InChI is InChI=1S/C20H21ClF3N3O3/c21-17-13-18(19(27(28)29)12-16(17)20(22,23)24)26-9-6-14(7-10-26)25-8-11-30-15-4-2-1-3-5-15/h1-5,12-14,25H,6-11H2. The van der Waals surface area contributed by atoms with Gasteiger partial charge < -0.3 is 15.0 Å². The molecule has 0 atom stereocenters. The minimum Gasteiger partial charge on any atom is -0.492 e. The third-order valence-electron chi connectivity index (χ3n) is 4.95. The normalized spacial score (nSPS) is 15.3. The van der Waals surface area contributed by atoms with Crippen molar-refractivity contribution in [3.05, 3.63) is 63.2 Å². The topological polar surface area (TPSA) is 67.6 Å². The van der Waals surface area contributed by atoms with Crippen molar-refractivity contribution in [2.75, 3.05) is 31.1 Å². The summed E-state index contributed by atoms with van der Waals surface area (Å²) in [6, 6.07) is 11.2. The Balaban J connectivity index is 1.56. The average molecular weight is 444 g/mol. The molecule has 3 rings (SSSR count). The second-order valence-electron chi connectivity index (χ2n) is 6.95. The molecule has 1 aliphatic heterocycles. The molecule has 1 fully saturated rings. The van der Waals surface area contributed by atoms with E-state index in [-0.39, 0.29) is 11.7 Å². The maximum absolute atomic E-state index is 13.0. The fraction of sp³-hybridized carbons (Fsp3) is 0.400. The van der Waals surface area contributed by atoms with Gasteiger partial charge in [0.05, 0.1) is 15.5 Å². The first-order valence-corrected chi connectivity index (χ1v) is 9.85. The van der Waals surface area contributed by atoms with Crippen molar-refractivity contribution in [2.24, 2.45) is 0 Å². The molecule has 30 heavy (non-hydrogen) atoms. The number of hydrogen-bond acceptors (Lipinski definition) is 5. The van der Waals surface area contributed by atoms with Crippen molar-refractivity contribution in [1.29, 1.82) is 0 Å². The highest BCUT2D eigenvalue weighted by atomic mass is 35.5. The van der Waals surface area contributed by atoms with Crippen molar-refractivity contribution >= 4 is 23.0 Å². The highest BCUT2D eigenvalue weighted by Gasteiger charge is 2.37. The van der Waals surface area contributed by atoms with Crippen LogP contribution in [0.25, 0.3) is 0 Å². The van der Waals surface area contributed by atoms with Crippen molar-refractivity contribution in [3.8, 4) is 5.75 Å². The Labute approximate surface area is 176 Å². The zero-order valence-electron chi connectivity index (χ0n) is 16.0. The monoisotopic (exact) mass is 443 g/mol. The smallest absolute Gasteiger partial charge is 0.418 e. The second-order valence-corrected chi connectivity index (χ2v) is 7.36. The number of para-hydroxylation sites is 1. The molecular formula is C20H21ClF3N3O3. The van der Waals surface area contributed by atoms with Crippen LogP contribution in [0.5, 0.6) is 5.75 Å². The van der Waals surface area contributed by atoms with Crippen LogP contribution in [0, 0.1) is 10.1 Å². The molecule has 1 saturated heterocycles. The molecule has 2 aromatic rings. The minimum absolute atomic E-state index is 0.115. The third kappa shape index (κ3) is 5.54. The number of alkyl halides is 3. The van der Waals surface area contributed by atoms with Crippen molar-refractivity contribution in [2.45, 2.75) is 25.1 Å². The van der Waals surface area contributed by atoms with E-state index in [1.165, 1.54) is 0 Å². The highest BCUT2D eigenvalue weighted by Crippen LogP contribution is 2.42. The lowest BCUT2D eigenvalue weighted by Gasteiger charge is -2.34. The van der Waals surface area contributed by atoms with Gasteiger partial charge >= 0.3 is 6.18 Å². The van der Waals surface area contributed by atoms with Gasteiger partial charge in [-0.2, -0.15) is 13.2 Å². The van der Waals surface area contributed by atoms with Crippen LogP contribution in [0.3, 0.4) is 0 Å². The molecule has 0 bridgehead atoms. The van der Waals surface area contributed by atoms with Crippen molar-refractivity contribution in [1.82, 2.24) is 5.32 Å². The molecule has 6 nitrogen and oxygen atoms in total. The predicted molar refractivity (Wildman–Crippen MR) is 108 cm³/mol.